The molecule has 0 aliphatic rings. The van der Waals surface area contributed by atoms with Crippen molar-refractivity contribution >= 4 is 31.9 Å². The third-order valence-corrected chi connectivity index (χ3v) is 7.25. The van der Waals surface area contributed by atoms with E-state index < -0.39 is 37.7 Å². The minimum atomic E-state index is -3.92. The number of rotatable bonds is 8. The van der Waals surface area contributed by atoms with Crippen LogP contribution in [0.2, 0.25) is 0 Å². The van der Waals surface area contributed by atoms with Crippen molar-refractivity contribution in [2.75, 3.05) is 20.6 Å². The van der Waals surface area contributed by atoms with Gasteiger partial charge in [0.25, 0.3) is 5.91 Å². The molecule has 0 heterocycles. The van der Waals surface area contributed by atoms with Crippen molar-refractivity contribution in [2.24, 2.45) is 0 Å². The van der Waals surface area contributed by atoms with E-state index in [1.54, 1.807) is 0 Å². The molecule has 0 spiro atoms. The monoisotopic (exact) mass is 472 g/mol. The highest BCUT2D eigenvalue weighted by molar-refractivity contribution is 7.89. The smallest absolute Gasteiger partial charge is 0.269 e. The second-order valence-electron chi connectivity index (χ2n) is 6.42. The number of hydrogen-bond acceptors (Lipinski definition) is 6. The van der Waals surface area contributed by atoms with Gasteiger partial charge in [0.15, 0.2) is 0 Å². The van der Waals surface area contributed by atoms with Crippen molar-refractivity contribution in [3.8, 4) is 0 Å². The molecule has 0 saturated carbocycles. The van der Waals surface area contributed by atoms with E-state index in [-0.39, 0.29) is 28.3 Å². The van der Waals surface area contributed by atoms with Crippen LogP contribution in [-0.2, 0) is 24.8 Å². The molecule has 0 bridgehead atoms. The number of sulfonamides is 2. The highest BCUT2D eigenvalue weighted by Gasteiger charge is 2.19. The number of amides is 2. The lowest BCUT2D eigenvalue weighted by atomic mass is 10.2. The van der Waals surface area contributed by atoms with Crippen molar-refractivity contribution in [1.82, 2.24) is 19.9 Å². The van der Waals surface area contributed by atoms with Crippen molar-refractivity contribution in [3.63, 3.8) is 0 Å². The Hall–Kier alpha value is -2.87. The van der Waals surface area contributed by atoms with Gasteiger partial charge in [-0.3, -0.25) is 20.4 Å². The Bertz CT molecular complexity index is 1170. The van der Waals surface area contributed by atoms with Crippen LogP contribution in [0.4, 0.5) is 4.39 Å². The Labute approximate surface area is 179 Å². The molecule has 13 heteroatoms. The highest BCUT2D eigenvalue weighted by Crippen LogP contribution is 2.14. The Balaban J connectivity index is 1.87. The zero-order valence-electron chi connectivity index (χ0n) is 16.6. The van der Waals surface area contributed by atoms with Crippen LogP contribution in [0.3, 0.4) is 0 Å². The largest absolute Gasteiger partial charge is 0.273 e. The normalized spacial score (nSPS) is 11.9. The number of nitrogens with one attached hydrogen (secondary N) is 3. The SMILES string of the molecule is CN(C)S(=O)(=O)c1cccc(C(=O)NNC(=O)CCNS(=O)(=O)c2ccc(F)cc2)c1. The Morgan fingerprint density at radius 2 is 1.58 bits per heavy atom. The van der Waals surface area contributed by atoms with Gasteiger partial charge in [-0.05, 0) is 42.5 Å². The highest BCUT2D eigenvalue weighted by atomic mass is 32.2. The van der Waals surface area contributed by atoms with Crippen LogP contribution in [0.25, 0.3) is 0 Å². The maximum atomic E-state index is 12.9. The van der Waals surface area contributed by atoms with Crippen molar-refractivity contribution in [1.29, 1.82) is 0 Å². The average Bonchev–Trinajstić information content (AvgIpc) is 2.72. The van der Waals surface area contributed by atoms with Gasteiger partial charge in [-0.2, -0.15) is 0 Å². The third kappa shape index (κ3) is 6.55. The molecule has 3 N–H and O–H groups in total. The molecule has 10 nitrogen and oxygen atoms in total. The molecule has 2 aromatic carbocycles. The zero-order chi connectivity index (χ0) is 23.2. The fourth-order valence-electron chi connectivity index (χ4n) is 2.27. The minimum absolute atomic E-state index is 0.000220. The molecular weight excluding hydrogens is 451 g/mol. The molecule has 0 atom stereocenters. The van der Waals surface area contributed by atoms with Crippen LogP contribution in [0, 0.1) is 5.82 Å². The summed E-state index contributed by atoms with van der Waals surface area (Å²) in [5, 5.41) is 0. The van der Waals surface area contributed by atoms with E-state index in [9.17, 15) is 30.8 Å². The molecule has 31 heavy (non-hydrogen) atoms. The summed E-state index contributed by atoms with van der Waals surface area (Å²) in [5.74, 6) is -2.03. The third-order valence-electron chi connectivity index (χ3n) is 3.96. The summed E-state index contributed by atoms with van der Waals surface area (Å²) in [7, 11) is -4.95. The summed E-state index contributed by atoms with van der Waals surface area (Å²) in [5.41, 5.74) is 4.24. The first kappa shape index (κ1) is 24.4. The van der Waals surface area contributed by atoms with E-state index in [1.165, 1.54) is 32.3 Å². The first-order valence-electron chi connectivity index (χ1n) is 8.80. The molecule has 0 fully saturated rings. The van der Waals surface area contributed by atoms with Gasteiger partial charge in [-0.1, -0.05) is 6.07 Å². The lowest BCUT2D eigenvalue weighted by molar-refractivity contribution is -0.121. The number of hydrogen-bond donors (Lipinski definition) is 3. The molecule has 0 radical (unpaired) electrons. The van der Waals surface area contributed by atoms with Gasteiger partial charge in [0.2, 0.25) is 26.0 Å². The van der Waals surface area contributed by atoms with E-state index in [0.717, 1.165) is 34.6 Å². The molecule has 0 saturated heterocycles. The van der Waals surface area contributed by atoms with Gasteiger partial charge < -0.3 is 0 Å². The lowest BCUT2D eigenvalue weighted by Crippen LogP contribution is -2.42. The van der Waals surface area contributed by atoms with Gasteiger partial charge in [-0.15, -0.1) is 0 Å². The average molecular weight is 473 g/mol. The van der Waals surface area contributed by atoms with E-state index >= 15 is 0 Å². The van der Waals surface area contributed by atoms with Crippen LogP contribution in [-0.4, -0.2) is 53.6 Å². The fraction of sp³-hybridized carbons (Fsp3) is 0.222. The van der Waals surface area contributed by atoms with Crippen LogP contribution >= 0.6 is 0 Å². The lowest BCUT2D eigenvalue weighted by Gasteiger charge is -2.12. The van der Waals surface area contributed by atoms with Gasteiger partial charge >= 0.3 is 0 Å². The maximum absolute atomic E-state index is 12.9. The molecule has 2 rings (SSSR count). The Morgan fingerprint density at radius 1 is 0.935 bits per heavy atom. The topological polar surface area (TPSA) is 142 Å². The van der Waals surface area contributed by atoms with E-state index in [0.29, 0.717) is 0 Å². The quantitative estimate of drug-likeness (QED) is 0.469. The number of benzene rings is 2. The predicted octanol–water partition coefficient (Wildman–Crippen LogP) is 0.206. The van der Waals surface area contributed by atoms with Crippen molar-refractivity contribution < 1.29 is 30.8 Å². The number of halogens is 1. The second kappa shape index (κ2) is 9.96. The van der Waals surface area contributed by atoms with E-state index in [1.807, 2.05) is 0 Å². The minimum Gasteiger partial charge on any atom is -0.273 e. The summed E-state index contributed by atoms with van der Waals surface area (Å²) in [6.45, 7) is -0.266. The predicted molar refractivity (Wildman–Crippen MR) is 109 cm³/mol. The Kier molecular flexibility index (Phi) is 7.84. The number of carbonyl (C=O) groups is 2. The number of hydrazine groups is 1. The first-order chi connectivity index (χ1) is 14.4. The van der Waals surface area contributed by atoms with Crippen LogP contribution in [0.5, 0.6) is 0 Å². The van der Waals surface area contributed by atoms with E-state index in [4.69, 9.17) is 0 Å². The van der Waals surface area contributed by atoms with E-state index in [2.05, 4.69) is 15.6 Å². The molecule has 2 amide bonds. The summed E-state index contributed by atoms with van der Waals surface area (Å²) in [6.07, 6.45) is -0.296. The summed E-state index contributed by atoms with van der Waals surface area (Å²) >= 11 is 0. The van der Waals surface area contributed by atoms with Gasteiger partial charge in [0, 0.05) is 32.6 Å². The van der Waals surface area contributed by atoms with Crippen LogP contribution < -0.4 is 15.6 Å². The molecular formula is C18H21FN4O6S2. The molecule has 0 aliphatic heterocycles. The molecule has 0 aliphatic carbocycles. The first-order valence-corrected chi connectivity index (χ1v) is 11.7. The van der Waals surface area contributed by atoms with Crippen LogP contribution in [0.15, 0.2) is 58.3 Å². The number of nitrogens with zero attached hydrogens (tertiary/aromatic N) is 1. The number of carbonyl (C=O) groups excluding carboxylic acids is 2. The second-order valence-corrected chi connectivity index (χ2v) is 10.3. The molecule has 0 aromatic heterocycles. The molecule has 168 valence electrons. The Morgan fingerprint density at radius 3 is 2.19 bits per heavy atom. The summed E-state index contributed by atoms with van der Waals surface area (Å²) in [6, 6.07) is 9.41. The standard InChI is InChI=1S/C18H21FN4O6S2/c1-23(2)31(28,29)16-5-3-4-13(12-16)18(25)22-21-17(24)10-11-20-30(26,27)15-8-6-14(19)7-9-15/h3-9,12,20H,10-11H2,1-2H3,(H,21,24)(H,22,25). The summed E-state index contributed by atoms with van der Waals surface area (Å²) < 4.78 is 64.5. The molecule has 2 aromatic rings. The van der Waals surface area contributed by atoms with Gasteiger partial charge in [0.05, 0.1) is 9.79 Å². The van der Waals surface area contributed by atoms with Gasteiger partial charge in [0.1, 0.15) is 5.82 Å². The summed E-state index contributed by atoms with van der Waals surface area (Å²) in [4.78, 5) is 23.8. The van der Waals surface area contributed by atoms with Crippen molar-refractivity contribution in [3.05, 3.63) is 59.9 Å². The molecule has 0 unspecified atom stereocenters. The maximum Gasteiger partial charge on any atom is 0.269 e. The zero-order valence-corrected chi connectivity index (χ0v) is 18.3. The fourth-order valence-corrected chi connectivity index (χ4v) is 4.25. The van der Waals surface area contributed by atoms with Crippen LogP contribution in [0.1, 0.15) is 16.8 Å². The van der Waals surface area contributed by atoms with Gasteiger partial charge in [-0.25, -0.2) is 30.3 Å². The van der Waals surface area contributed by atoms with Crippen molar-refractivity contribution in [2.45, 2.75) is 16.2 Å².